The summed E-state index contributed by atoms with van der Waals surface area (Å²) in [5.74, 6) is 0.893. The maximum Gasteiger partial charge on any atom is 0.250 e. The van der Waals surface area contributed by atoms with Crippen LogP contribution in [0.5, 0.6) is 5.75 Å². The van der Waals surface area contributed by atoms with Gasteiger partial charge in [-0.05, 0) is 48.4 Å². The average Bonchev–Trinajstić information content (AvgIpc) is 3.11. The number of rotatable bonds is 9. The number of hydrazone groups is 1. The summed E-state index contributed by atoms with van der Waals surface area (Å²) in [5, 5.41) is 4.71. The van der Waals surface area contributed by atoms with E-state index >= 15 is 0 Å². The Morgan fingerprint density at radius 1 is 1.26 bits per heavy atom. The average molecular weight is 382 g/mol. The monoisotopic (exact) mass is 382 g/mol. The third-order valence-corrected chi connectivity index (χ3v) is 4.63. The molecule has 0 atom stereocenters. The first-order valence-corrected chi connectivity index (χ1v) is 9.85. The lowest BCUT2D eigenvalue weighted by molar-refractivity contribution is -0.118. The van der Waals surface area contributed by atoms with Crippen LogP contribution in [0.25, 0.3) is 11.0 Å². The number of nitrogens with zero attached hydrogens (tertiary/aromatic N) is 2. The number of unbranched alkanes of at least 4 members (excludes halogenated alkanes) is 1. The molecule has 0 radical (unpaired) electrons. The smallest absolute Gasteiger partial charge is 0.250 e. The molecule has 2 aromatic carbocycles. The van der Waals surface area contributed by atoms with Gasteiger partial charge in [-0.1, -0.05) is 37.2 Å². The summed E-state index contributed by atoms with van der Waals surface area (Å²) in [7, 11) is 0. The van der Waals surface area contributed by atoms with Gasteiger partial charge in [0.2, 0.25) is 0 Å². The van der Waals surface area contributed by atoms with Gasteiger partial charge >= 0.3 is 0 Å². The van der Waals surface area contributed by atoms with Crippen molar-refractivity contribution < 1.29 is 9.53 Å². The number of imidazole rings is 1. The van der Waals surface area contributed by atoms with Crippen molar-refractivity contribution in [2.45, 2.75) is 24.9 Å². The zero-order chi connectivity index (χ0) is 18.9. The minimum Gasteiger partial charge on any atom is -0.494 e. The maximum atomic E-state index is 11.9. The molecule has 0 saturated carbocycles. The Hall–Kier alpha value is -2.80. The molecule has 0 fully saturated rings. The number of aromatic amines is 1. The van der Waals surface area contributed by atoms with E-state index in [9.17, 15) is 4.79 Å². The number of fused-ring (bicyclic) bond motifs is 1. The molecule has 6 nitrogen and oxygen atoms in total. The van der Waals surface area contributed by atoms with Gasteiger partial charge in [-0.25, -0.2) is 10.4 Å². The predicted molar refractivity (Wildman–Crippen MR) is 109 cm³/mol. The SMILES string of the molecule is CCCCOc1ccc(/C=N/NC(=O)CSc2nc3ccccc3[nH]2)cc1. The van der Waals surface area contributed by atoms with Gasteiger partial charge in [-0.15, -0.1) is 0 Å². The summed E-state index contributed by atoms with van der Waals surface area (Å²) in [4.78, 5) is 19.5. The third-order valence-electron chi connectivity index (χ3n) is 3.76. The van der Waals surface area contributed by atoms with Crippen LogP contribution in [-0.2, 0) is 4.79 Å². The topological polar surface area (TPSA) is 79.4 Å². The lowest BCUT2D eigenvalue weighted by Gasteiger charge is -2.04. The predicted octanol–water partition coefficient (Wildman–Crippen LogP) is 3.98. The number of ether oxygens (including phenoxy) is 1. The Morgan fingerprint density at radius 2 is 2.07 bits per heavy atom. The van der Waals surface area contributed by atoms with Crippen molar-refractivity contribution in [1.82, 2.24) is 15.4 Å². The molecule has 27 heavy (non-hydrogen) atoms. The number of nitrogens with one attached hydrogen (secondary N) is 2. The van der Waals surface area contributed by atoms with E-state index in [0.717, 1.165) is 41.8 Å². The van der Waals surface area contributed by atoms with Crippen LogP contribution in [0.15, 0.2) is 58.8 Å². The molecule has 1 heterocycles. The molecule has 3 aromatic rings. The van der Waals surface area contributed by atoms with Crippen LogP contribution in [0.3, 0.4) is 0 Å². The highest BCUT2D eigenvalue weighted by atomic mass is 32.2. The molecule has 0 saturated heterocycles. The lowest BCUT2D eigenvalue weighted by atomic mass is 10.2. The van der Waals surface area contributed by atoms with E-state index in [2.05, 4.69) is 27.4 Å². The van der Waals surface area contributed by atoms with Gasteiger partial charge in [0.1, 0.15) is 5.75 Å². The first-order valence-electron chi connectivity index (χ1n) is 8.87. The minimum atomic E-state index is -0.184. The van der Waals surface area contributed by atoms with Crippen molar-refractivity contribution in [1.29, 1.82) is 0 Å². The quantitative estimate of drug-likeness (QED) is 0.254. The van der Waals surface area contributed by atoms with Crippen molar-refractivity contribution in [3.63, 3.8) is 0 Å². The van der Waals surface area contributed by atoms with Crippen molar-refractivity contribution in [3.05, 3.63) is 54.1 Å². The van der Waals surface area contributed by atoms with Crippen LogP contribution in [-0.4, -0.2) is 34.4 Å². The van der Waals surface area contributed by atoms with Gasteiger partial charge in [0, 0.05) is 0 Å². The maximum absolute atomic E-state index is 11.9. The highest BCUT2D eigenvalue weighted by molar-refractivity contribution is 7.99. The van der Waals surface area contributed by atoms with Crippen LogP contribution in [0, 0.1) is 0 Å². The molecule has 0 aliphatic carbocycles. The Bertz CT molecular complexity index is 873. The second-order valence-electron chi connectivity index (χ2n) is 5.91. The summed E-state index contributed by atoms with van der Waals surface area (Å²) in [5.41, 5.74) is 5.27. The molecule has 2 N–H and O–H groups in total. The molecule has 140 valence electrons. The minimum absolute atomic E-state index is 0.184. The van der Waals surface area contributed by atoms with E-state index in [1.54, 1.807) is 6.21 Å². The standard InChI is InChI=1S/C20H22N4O2S/c1-2-3-12-26-16-10-8-15(9-11-16)13-21-24-19(25)14-27-20-22-17-6-4-5-7-18(17)23-20/h4-11,13H,2-3,12,14H2,1H3,(H,22,23)(H,24,25)/b21-13+. The number of hydrogen-bond donors (Lipinski definition) is 2. The molecular weight excluding hydrogens is 360 g/mol. The van der Waals surface area contributed by atoms with Crippen LogP contribution in [0.2, 0.25) is 0 Å². The number of carbonyl (C=O) groups excluding carboxylic acids is 1. The van der Waals surface area contributed by atoms with E-state index in [1.807, 2.05) is 48.5 Å². The van der Waals surface area contributed by atoms with Crippen LogP contribution < -0.4 is 10.2 Å². The van der Waals surface area contributed by atoms with E-state index in [0.29, 0.717) is 5.16 Å². The molecule has 7 heteroatoms. The molecule has 0 bridgehead atoms. The Balaban J connectivity index is 1.42. The second kappa shape index (κ2) is 9.78. The van der Waals surface area contributed by atoms with Crippen LogP contribution >= 0.6 is 11.8 Å². The van der Waals surface area contributed by atoms with Crippen molar-refractivity contribution in [3.8, 4) is 5.75 Å². The van der Waals surface area contributed by atoms with E-state index in [-0.39, 0.29) is 11.7 Å². The van der Waals surface area contributed by atoms with E-state index in [1.165, 1.54) is 11.8 Å². The number of H-pyrrole nitrogens is 1. The van der Waals surface area contributed by atoms with Gasteiger partial charge in [0.15, 0.2) is 5.16 Å². The first-order chi connectivity index (χ1) is 13.2. The van der Waals surface area contributed by atoms with E-state index in [4.69, 9.17) is 4.74 Å². The molecular formula is C20H22N4O2S. The number of aromatic nitrogens is 2. The lowest BCUT2D eigenvalue weighted by Crippen LogP contribution is -2.19. The Labute approximate surface area is 162 Å². The number of amides is 1. The molecule has 0 spiro atoms. The zero-order valence-corrected chi connectivity index (χ0v) is 16.0. The Morgan fingerprint density at radius 3 is 2.85 bits per heavy atom. The first kappa shape index (κ1) is 19.0. The normalized spacial score (nSPS) is 11.1. The highest BCUT2D eigenvalue weighted by Crippen LogP contribution is 2.18. The molecule has 1 aromatic heterocycles. The summed E-state index contributed by atoms with van der Waals surface area (Å²) < 4.78 is 5.61. The number of para-hydroxylation sites is 2. The molecule has 3 rings (SSSR count). The van der Waals surface area contributed by atoms with Crippen molar-refractivity contribution in [2.24, 2.45) is 5.10 Å². The number of hydrogen-bond acceptors (Lipinski definition) is 5. The molecule has 0 unspecified atom stereocenters. The Kier molecular flexibility index (Phi) is 6.87. The largest absolute Gasteiger partial charge is 0.494 e. The molecule has 1 amide bonds. The van der Waals surface area contributed by atoms with Gasteiger partial charge in [-0.2, -0.15) is 5.10 Å². The van der Waals surface area contributed by atoms with Gasteiger partial charge in [-0.3, -0.25) is 4.79 Å². The van der Waals surface area contributed by atoms with Crippen LogP contribution in [0.4, 0.5) is 0 Å². The highest BCUT2D eigenvalue weighted by Gasteiger charge is 2.06. The molecule has 0 aliphatic heterocycles. The third kappa shape index (κ3) is 5.86. The fourth-order valence-electron chi connectivity index (χ4n) is 2.33. The zero-order valence-electron chi connectivity index (χ0n) is 15.1. The molecule has 0 aliphatic rings. The summed E-state index contributed by atoms with van der Waals surface area (Å²) in [6.07, 6.45) is 3.76. The van der Waals surface area contributed by atoms with Gasteiger partial charge in [0.25, 0.3) is 5.91 Å². The number of benzene rings is 2. The summed E-state index contributed by atoms with van der Waals surface area (Å²) in [6, 6.07) is 15.4. The van der Waals surface area contributed by atoms with Crippen molar-refractivity contribution >= 4 is 34.9 Å². The fourth-order valence-corrected chi connectivity index (χ4v) is 3.00. The van der Waals surface area contributed by atoms with Crippen molar-refractivity contribution in [2.75, 3.05) is 12.4 Å². The van der Waals surface area contributed by atoms with Gasteiger partial charge in [0.05, 0.1) is 29.6 Å². The summed E-state index contributed by atoms with van der Waals surface area (Å²) >= 11 is 1.34. The number of carbonyl (C=O) groups is 1. The van der Waals surface area contributed by atoms with Crippen LogP contribution in [0.1, 0.15) is 25.3 Å². The number of thioether (sulfide) groups is 1. The van der Waals surface area contributed by atoms with Gasteiger partial charge < -0.3 is 9.72 Å². The van der Waals surface area contributed by atoms with E-state index < -0.39 is 0 Å². The fraction of sp³-hybridized carbons (Fsp3) is 0.250. The second-order valence-corrected chi connectivity index (χ2v) is 6.88. The summed E-state index contributed by atoms with van der Waals surface area (Å²) in [6.45, 7) is 2.86.